The number of aromatic nitrogens is 4. The molecule has 1 aliphatic carbocycles. The van der Waals surface area contributed by atoms with Crippen molar-refractivity contribution in [3.63, 3.8) is 0 Å². The number of fused-ring (bicyclic) bond motifs is 15. The molecule has 0 N–H and O–H groups in total. The van der Waals surface area contributed by atoms with Crippen molar-refractivity contribution >= 4 is 96.9 Å². The minimum absolute atomic E-state index is 0.0706. The van der Waals surface area contributed by atoms with Gasteiger partial charge >= 0.3 is 0 Å². The lowest BCUT2D eigenvalue weighted by Crippen LogP contribution is -2.14. The Morgan fingerprint density at radius 2 is 1.13 bits per heavy atom. The highest BCUT2D eigenvalue weighted by Gasteiger charge is 2.35. The van der Waals surface area contributed by atoms with Crippen molar-refractivity contribution in [3.05, 3.63) is 193 Å². The summed E-state index contributed by atoms with van der Waals surface area (Å²) >= 11 is 1.87. The second kappa shape index (κ2) is 12.3. The summed E-state index contributed by atoms with van der Waals surface area (Å²) in [4.78, 5) is 9.77. The Balaban J connectivity index is 1.03. The average molecular weight is 809 g/mol. The summed E-state index contributed by atoms with van der Waals surface area (Å²) in [7, 11) is 0. The largest absolute Gasteiger partial charge is 0.309 e. The van der Waals surface area contributed by atoms with Gasteiger partial charge in [-0.1, -0.05) is 98.8 Å². The van der Waals surface area contributed by atoms with Gasteiger partial charge in [-0.15, -0.1) is 11.3 Å². The molecule has 14 rings (SSSR count). The van der Waals surface area contributed by atoms with E-state index in [1.165, 1.54) is 97.0 Å². The molecule has 0 bridgehead atoms. The van der Waals surface area contributed by atoms with Crippen molar-refractivity contribution in [2.24, 2.45) is 0 Å². The van der Waals surface area contributed by atoms with Crippen molar-refractivity contribution in [3.8, 4) is 33.6 Å². The maximum atomic E-state index is 4.90. The third-order valence-corrected chi connectivity index (χ3v) is 14.9. The molecular weight excluding hydrogens is 773 g/mol. The van der Waals surface area contributed by atoms with Crippen LogP contribution in [-0.4, -0.2) is 19.1 Å². The Kier molecular flexibility index (Phi) is 6.75. The summed E-state index contributed by atoms with van der Waals surface area (Å²) in [6, 6.07) is 62.9. The van der Waals surface area contributed by atoms with E-state index >= 15 is 0 Å². The van der Waals surface area contributed by atoms with E-state index in [1.807, 2.05) is 23.7 Å². The topological polar surface area (TPSA) is 35.6 Å². The molecule has 1 aliphatic rings. The lowest BCUT2D eigenvalue weighted by molar-refractivity contribution is 0.660. The highest BCUT2D eigenvalue weighted by molar-refractivity contribution is 7.26. The molecule has 0 saturated heterocycles. The fourth-order valence-electron chi connectivity index (χ4n) is 10.8. The Morgan fingerprint density at radius 1 is 0.435 bits per heavy atom. The molecule has 62 heavy (non-hydrogen) atoms. The lowest BCUT2D eigenvalue weighted by atomic mass is 9.81. The fourth-order valence-corrected chi connectivity index (χ4v) is 11.9. The quantitative estimate of drug-likeness (QED) is 0.167. The third kappa shape index (κ3) is 4.60. The van der Waals surface area contributed by atoms with Gasteiger partial charge in [-0.3, -0.25) is 9.55 Å². The molecule has 5 heteroatoms. The van der Waals surface area contributed by atoms with Crippen LogP contribution in [0.4, 0.5) is 0 Å². The van der Waals surface area contributed by atoms with Crippen LogP contribution in [0, 0.1) is 0 Å². The Labute approximate surface area is 360 Å². The summed E-state index contributed by atoms with van der Waals surface area (Å²) in [5.74, 6) is 0. The molecule has 0 spiro atoms. The van der Waals surface area contributed by atoms with Crippen LogP contribution in [0.1, 0.15) is 25.0 Å². The van der Waals surface area contributed by atoms with Gasteiger partial charge in [0.25, 0.3) is 0 Å². The summed E-state index contributed by atoms with van der Waals surface area (Å²) in [6.07, 6.45) is 3.92. The fraction of sp³-hybridized carbons (Fsp3) is 0.0526. The number of hydrogen-bond acceptors (Lipinski definition) is 3. The van der Waals surface area contributed by atoms with Crippen molar-refractivity contribution in [1.82, 2.24) is 19.1 Å². The van der Waals surface area contributed by atoms with Crippen molar-refractivity contribution in [2.45, 2.75) is 19.3 Å². The molecule has 0 unspecified atom stereocenters. The first-order valence-electron chi connectivity index (χ1n) is 21.3. The summed E-state index contributed by atoms with van der Waals surface area (Å²) in [5, 5.41) is 10.9. The summed E-state index contributed by atoms with van der Waals surface area (Å²) in [5.41, 5.74) is 15.7. The van der Waals surface area contributed by atoms with E-state index in [2.05, 4.69) is 193 Å². The minimum Gasteiger partial charge on any atom is -0.309 e. The van der Waals surface area contributed by atoms with Crippen molar-refractivity contribution in [2.75, 3.05) is 0 Å². The van der Waals surface area contributed by atoms with Crippen molar-refractivity contribution < 1.29 is 0 Å². The predicted molar refractivity (Wildman–Crippen MR) is 262 cm³/mol. The summed E-state index contributed by atoms with van der Waals surface area (Å²) < 4.78 is 7.31. The Hall–Kier alpha value is -7.60. The number of thiophene rings is 1. The normalized spacial score (nSPS) is 13.5. The molecule has 8 aromatic carbocycles. The van der Waals surface area contributed by atoms with E-state index in [9.17, 15) is 0 Å². The second-order valence-electron chi connectivity index (χ2n) is 17.4. The van der Waals surface area contributed by atoms with E-state index in [4.69, 9.17) is 9.97 Å². The SMILES string of the molecule is CC1(C)c2ccccc2-c2ccc(-c3ccc4c(c3)c3cc5c(cc3n4-c3ccc4c(cnc6ccccc64)c3)sc3cc4c(cc35)c3cccnc3n4-c3ccccc3)cc21. The van der Waals surface area contributed by atoms with Crippen LogP contribution in [0.3, 0.4) is 0 Å². The molecule has 5 heterocycles. The van der Waals surface area contributed by atoms with Crippen LogP contribution in [-0.2, 0) is 5.41 Å². The van der Waals surface area contributed by atoms with Crippen LogP contribution in [0.15, 0.2) is 182 Å². The maximum Gasteiger partial charge on any atom is 0.145 e. The van der Waals surface area contributed by atoms with E-state index in [-0.39, 0.29) is 5.41 Å². The van der Waals surface area contributed by atoms with Gasteiger partial charge in [-0.05, 0) is 124 Å². The summed E-state index contributed by atoms with van der Waals surface area (Å²) in [6.45, 7) is 4.72. The van der Waals surface area contributed by atoms with Gasteiger partial charge in [0.15, 0.2) is 0 Å². The third-order valence-electron chi connectivity index (χ3n) is 13.8. The van der Waals surface area contributed by atoms with Crippen LogP contribution in [0.25, 0.3) is 119 Å². The predicted octanol–water partition coefficient (Wildman–Crippen LogP) is 15.3. The van der Waals surface area contributed by atoms with Gasteiger partial charge in [-0.25, -0.2) is 4.98 Å². The average Bonchev–Trinajstić information content (AvgIpc) is 4.01. The Bertz CT molecular complexity index is 4070. The van der Waals surface area contributed by atoms with Gasteiger partial charge in [0.2, 0.25) is 0 Å². The highest BCUT2D eigenvalue weighted by atomic mass is 32.1. The van der Waals surface area contributed by atoms with E-state index in [1.54, 1.807) is 0 Å². The van der Waals surface area contributed by atoms with Crippen molar-refractivity contribution in [1.29, 1.82) is 0 Å². The van der Waals surface area contributed by atoms with Gasteiger partial charge in [-0.2, -0.15) is 0 Å². The highest BCUT2D eigenvalue weighted by Crippen LogP contribution is 2.50. The number of rotatable bonds is 3. The van der Waals surface area contributed by atoms with E-state index in [0.717, 1.165) is 33.3 Å². The second-order valence-corrected chi connectivity index (χ2v) is 18.5. The molecule has 0 fully saturated rings. The monoisotopic (exact) mass is 808 g/mol. The zero-order valence-electron chi connectivity index (χ0n) is 34.0. The van der Waals surface area contributed by atoms with Crippen LogP contribution in [0.2, 0.25) is 0 Å². The molecule has 0 radical (unpaired) electrons. The first-order valence-corrected chi connectivity index (χ1v) is 22.1. The first kappa shape index (κ1) is 34.1. The molecule has 0 atom stereocenters. The Morgan fingerprint density at radius 3 is 2.00 bits per heavy atom. The minimum atomic E-state index is -0.0706. The number of benzene rings is 8. The molecule has 13 aromatic rings. The standard InChI is InChI=1S/C57H36N4S/c1-57(2)48-16-8-6-13-39(48)40-21-18-34(27-49(40)57)33-19-23-51-43(26-33)45-29-47-46-28-44-42-15-10-24-58-56(42)61(36-11-4-3-5-12-36)53(44)31-55(46)62-54(47)30-52(45)60(51)37-20-22-38-35(25-37)32-59-50-17-9-7-14-41(38)50/h3-32H,1-2H3. The van der Waals surface area contributed by atoms with Crippen LogP contribution < -0.4 is 0 Å². The first-order chi connectivity index (χ1) is 30.5. The van der Waals surface area contributed by atoms with Crippen LogP contribution >= 0.6 is 11.3 Å². The molecular formula is C57H36N4S. The molecule has 0 saturated carbocycles. The number of nitrogens with zero attached hydrogens (tertiary/aromatic N) is 4. The van der Waals surface area contributed by atoms with Crippen LogP contribution in [0.5, 0.6) is 0 Å². The lowest BCUT2D eigenvalue weighted by Gasteiger charge is -2.22. The zero-order valence-corrected chi connectivity index (χ0v) is 34.8. The molecule has 0 amide bonds. The number of hydrogen-bond donors (Lipinski definition) is 0. The van der Waals surface area contributed by atoms with E-state index in [0.29, 0.717) is 0 Å². The maximum absolute atomic E-state index is 4.90. The van der Waals surface area contributed by atoms with Gasteiger partial charge in [0.1, 0.15) is 5.65 Å². The molecule has 290 valence electrons. The molecule has 5 aromatic heterocycles. The number of pyridine rings is 2. The van der Waals surface area contributed by atoms with Gasteiger partial charge < -0.3 is 4.57 Å². The van der Waals surface area contributed by atoms with Gasteiger partial charge in [0, 0.05) is 81.7 Å². The van der Waals surface area contributed by atoms with Gasteiger partial charge in [0.05, 0.1) is 22.1 Å². The molecule has 4 nitrogen and oxygen atoms in total. The smallest absolute Gasteiger partial charge is 0.145 e. The zero-order chi connectivity index (χ0) is 40.8. The molecule has 0 aliphatic heterocycles. The van der Waals surface area contributed by atoms with E-state index < -0.39 is 0 Å². The number of para-hydroxylation sites is 2.